The van der Waals surface area contributed by atoms with Crippen LogP contribution >= 0.6 is 0 Å². The Morgan fingerprint density at radius 2 is 2.19 bits per heavy atom. The van der Waals surface area contributed by atoms with Crippen LogP contribution in [0, 0.1) is 0 Å². The third kappa shape index (κ3) is 1.49. The normalized spacial score (nSPS) is 34.8. The zero-order chi connectivity index (χ0) is 14.8. The molecule has 1 aromatic heterocycles. The van der Waals surface area contributed by atoms with Gasteiger partial charge in [-0.2, -0.15) is 0 Å². The van der Waals surface area contributed by atoms with Gasteiger partial charge in [0.05, 0.1) is 12.2 Å². The van der Waals surface area contributed by atoms with Crippen LogP contribution < -0.4 is 0 Å². The Hall–Kier alpha value is -1.42. The fourth-order valence-corrected chi connectivity index (χ4v) is 4.83. The summed E-state index contributed by atoms with van der Waals surface area (Å²) in [4.78, 5) is 0. The van der Waals surface area contributed by atoms with Crippen LogP contribution in [-0.2, 0) is 16.7 Å². The van der Waals surface area contributed by atoms with E-state index in [4.69, 9.17) is 4.74 Å². The van der Waals surface area contributed by atoms with Crippen molar-refractivity contribution in [3.63, 3.8) is 0 Å². The molecule has 4 rings (SSSR count). The highest BCUT2D eigenvalue weighted by Gasteiger charge is 2.72. The number of ether oxygens (including phenoxy) is 1. The Morgan fingerprint density at radius 3 is 2.90 bits per heavy atom. The van der Waals surface area contributed by atoms with Gasteiger partial charge in [-0.3, -0.25) is 4.57 Å². The molecule has 2 fully saturated rings. The van der Waals surface area contributed by atoms with Crippen molar-refractivity contribution < 1.29 is 14.9 Å². The lowest BCUT2D eigenvalue weighted by atomic mass is 9.76. The number of aromatic nitrogens is 1. The summed E-state index contributed by atoms with van der Waals surface area (Å²) < 4.78 is 7.46. The summed E-state index contributed by atoms with van der Waals surface area (Å²) in [6, 6.07) is 0. The van der Waals surface area contributed by atoms with E-state index in [1.165, 1.54) is 12.8 Å². The Balaban J connectivity index is 1.78. The van der Waals surface area contributed by atoms with Crippen molar-refractivity contribution >= 4 is 0 Å². The molecular formula is C17H23NO3. The van der Waals surface area contributed by atoms with Gasteiger partial charge in [0.15, 0.2) is 11.8 Å². The fourth-order valence-electron chi connectivity index (χ4n) is 4.83. The van der Waals surface area contributed by atoms with E-state index in [0.29, 0.717) is 6.54 Å². The molecule has 2 aliphatic carbocycles. The van der Waals surface area contributed by atoms with Crippen LogP contribution in [0.25, 0.3) is 0 Å². The minimum absolute atomic E-state index is 0.0617. The van der Waals surface area contributed by atoms with E-state index in [-0.39, 0.29) is 35.3 Å². The molecule has 0 amide bonds. The average molecular weight is 289 g/mol. The SMILES string of the molecule is C=CCn1c(O)c2c(c1O)C1(CCCCC)CC2C2OC21. The highest BCUT2D eigenvalue weighted by Crippen LogP contribution is 2.71. The number of rotatable bonds is 6. The van der Waals surface area contributed by atoms with Crippen molar-refractivity contribution in [3.8, 4) is 11.8 Å². The van der Waals surface area contributed by atoms with Gasteiger partial charge >= 0.3 is 0 Å². The van der Waals surface area contributed by atoms with Gasteiger partial charge in [0.1, 0.15) is 0 Å². The first kappa shape index (κ1) is 13.3. The Kier molecular flexibility index (Phi) is 2.71. The van der Waals surface area contributed by atoms with Crippen molar-refractivity contribution in [2.24, 2.45) is 0 Å². The van der Waals surface area contributed by atoms with Crippen molar-refractivity contribution in [1.29, 1.82) is 0 Å². The van der Waals surface area contributed by atoms with Gasteiger partial charge in [0.2, 0.25) is 0 Å². The molecule has 2 heterocycles. The summed E-state index contributed by atoms with van der Waals surface area (Å²) >= 11 is 0. The molecule has 4 heteroatoms. The summed E-state index contributed by atoms with van der Waals surface area (Å²) in [5.74, 6) is 0.720. The van der Waals surface area contributed by atoms with Gasteiger partial charge in [0.25, 0.3) is 0 Å². The standard InChI is InChI=1S/C17H23NO3/c1-3-5-6-7-17-9-10(13-14(17)21-13)11-12(17)16(20)18(8-4-2)15(11)19/h4,10,13-14,19-20H,2-3,5-9H2,1H3. The third-order valence-corrected chi connectivity index (χ3v) is 5.70. The molecule has 1 saturated heterocycles. The zero-order valence-corrected chi connectivity index (χ0v) is 12.5. The maximum atomic E-state index is 10.6. The summed E-state index contributed by atoms with van der Waals surface area (Å²) in [6.07, 6.45) is 7.87. The molecule has 3 aliphatic rings. The molecule has 1 aliphatic heterocycles. The molecule has 0 spiro atoms. The van der Waals surface area contributed by atoms with Gasteiger partial charge in [0, 0.05) is 29.0 Å². The smallest absolute Gasteiger partial charge is 0.198 e. The molecule has 4 nitrogen and oxygen atoms in total. The van der Waals surface area contributed by atoms with Crippen LogP contribution in [0.5, 0.6) is 11.8 Å². The lowest BCUT2D eigenvalue weighted by Gasteiger charge is -2.27. The number of unbranched alkanes of at least 4 members (excludes halogenated alkanes) is 2. The predicted octanol–water partition coefficient (Wildman–Crippen LogP) is 3.17. The van der Waals surface area contributed by atoms with Crippen molar-refractivity contribution in [1.82, 2.24) is 4.57 Å². The van der Waals surface area contributed by atoms with Gasteiger partial charge in [-0.15, -0.1) is 6.58 Å². The third-order valence-electron chi connectivity index (χ3n) is 5.70. The second-order valence-corrected chi connectivity index (χ2v) is 6.78. The molecule has 0 aromatic carbocycles. The van der Waals surface area contributed by atoms with Crippen LogP contribution in [0.1, 0.15) is 56.1 Å². The lowest BCUT2D eigenvalue weighted by molar-refractivity contribution is 0.215. The van der Waals surface area contributed by atoms with Gasteiger partial charge < -0.3 is 14.9 Å². The quantitative estimate of drug-likeness (QED) is 0.480. The van der Waals surface area contributed by atoms with E-state index in [2.05, 4.69) is 13.5 Å². The number of aromatic hydroxyl groups is 2. The molecule has 1 saturated carbocycles. The summed E-state index contributed by atoms with van der Waals surface area (Å²) in [5.41, 5.74) is 1.86. The van der Waals surface area contributed by atoms with Gasteiger partial charge in [-0.1, -0.05) is 32.3 Å². The summed E-state index contributed by atoms with van der Waals surface area (Å²) in [6.45, 7) is 6.36. The van der Waals surface area contributed by atoms with Crippen LogP contribution in [-0.4, -0.2) is 27.0 Å². The fraction of sp³-hybridized carbons (Fsp3) is 0.647. The number of hydrogen-bond donors (Lipinski definition) is 2. The summed E-state index contributed by atoms with van der Waals surface area (Å²) in [5, 5.41) is 21.1. The molecule has 114 valence electrons. The minimum Gasteiger partial charge on any atom is -0.494 e. The monoisotopic (exact) mass is 289 g/mol. The number of fused-ring (bicyclic) bond motifs is 8. The topological polar surface area (TPSA) is 57.9 Å². The Labute approximate surface area is 125 Å². The molecule has 2 N–H and O–H groups in total. The molecular weight excluding hydrogens is 266 g/mol. The second-order valence-electron chi connectivity index (χ2n) is 6.78. The average Bonchev–Trinajstić information content (AvgIpc) is 3.07. The molecule has 0 radical (unpaired) electrons. The largest absolute Gasteiger partial charge is 0.494 e. The predicted molar refractivity (Wildman–Crippen MR) is 79.8 cm³/mol. The molecule has 21 heavy (non-hydrogen) atoms. The number of allylic oxidation sites excluding steroid dienone is 1. The lowest BCUT2D eigenvalue weighted by Crippen LogP contribution is -2.28. The first-order valence-corrected chi connectivity index (χ1v) is 8.07. The van der Waals surface area contributed by atoms with Crippen molar-refractivity contribution in [2.45, 2.75) is 69.1 Å². The van der Waals surface area contributed by atoms with Gasteiger partial charge in [-0.25, -0.2) is 0 Å². The van der Waals surface area contributed by atoms with Crippen LogP contribution in [0.3, 0.4) is 0 Å². The van der Waals surface area contributed by atoms with Crippen LogP contribution in [0.4, 0.5) is 0 Å². The zero-order valence-electron chi connectivity index (χ0n) is 12.5. The maximum absolute atomic E-state index is 10.6. The molecule has 2 bridgehead atoms. The first-order chi connectivity index (χ1) is 10.2. The molecule has 4 atom stereocenters. The maximum Gasteiger partial charge on any atom is 0.198 e. The van der Waals surface area contributed by atoms with E-state index in [0.717, 1.165) is 30.4 Å². The van der Waals surface area contributed by atoms with E-state index in [1.807, 2.05) is 0 Å². The Morgan fingerprint density at radius 1 is 1.38 bits per heavy atom. The van der Waals surface area contributed by atoms with E-state index in [9.17, 15) is 10.2 Å². The van der Waals surface area contributed by atoms with Gasteiger partial charge in [-0.05, 0) is 12.8 Å². The number of nitrogens with zero attached hydrogens (tertiary/aromatic N) is 1. The molecule has 1 aromatic rings. The number of hydrogen-bond acceptors (Lipinski definition) is 3. The van der Waals surface area contributed by atoms with Crippen molar-refractivity contribution in [2.75, 3.05) is 0 Å². The Bertz CT molecular complexity index is 606. The number of epoxide rings is 1. The van der Waals surface area contributed by atoms with Crippen molar-refractivity contribution in [3.05, 3.63) is 23.8 Å². The molecule has 4 unspecified atom stereocenters. The first-order valence-electron chi connectivity index (χ1n) is 8.07. The van der Waals surface area contributed by atoms with E-state index >= 15 is 0 Å². The minimum atomic E-state index is -0.0617. The van der Waals surface area contributed by atoms with Crippen LogP contribution in [0.2, 0.25) is 0 Å². The van der Waals surface area contributed by atoms with E-state index in [1.54, 1.807) is 10.6 Å². The highest BCUT2D eigenvalue weighted by molar-refractivity contribution is 5.61. The van der Waals surface area contributed by atoms with E-state index < -0.39 is 0 Å². The summed E-state index contributed by atoms with van der Waals surface area (Å²) in [7, 11) is 0. The highest BCUT2D eigenvalue weighted by atomic mass is 16.6. The van der Waals surface area contributed by atoms with Crippen LogP contribution in [0.15, 0.2) is 12.7 Å². The second kappa shape index (κ2) is 4.29.